The lowest BCUT2D eigenvalue weighted by molar-refractivity contribution is -0.123. The zero-order valence-corrected chi connectivity index (χ0v) is 16.5. The maximum absolute atomic E-state index is 12.4. The molecule has 6 heteroatoms. The van der Waals surface area contributed by atoms with Gasteiger partial charge in [0.2, 0.25) is 0 Å². The molecule has 0 saturated heterocycles. The Morgan fingerprint density at radius 2 is 1.93 bits per heavy atom. The molecular weight excluding hydrogens is 362 g/mol. The van der Waals surface area contributed by atoms with Gasteiger partial charge >= 0.3 is 5.97 Å². The maximum atomic E-state index is 12.4. The topological polar surface area (TPSA) is 72.5 Å². The smallest absolute Gasteiger partial charge is 0.349 e. The number of aryl methyl sites for hydroxylation is 1. The van der Waals surface area contributed by atoms with Crippen LogP contribution in [0.1, 0.15) is 57.7 Å². The number of carbonyl (C=O) groups is 3. The third-order valence-electron chi connectivity index (χ3n) is 4.74. The minimum absolute atomic E-state index is 0.0387. The zero-order valence-electron chi connectivity index (χ0n) is 15.7. The molecule has 0 radical (unpaired) electrons. The summed E-state index contributed by atoms with van der Waals surface area (Å²) >= 11 is 1.47. The molecule has 1 heterocycles. The van der Waals surface area contributed by atoms with Gasteiger partial charge in [0, 0.05) is 16.1 Å². The number of nitrogens with one attached hydrogen (secondary N) is 1. The van der Waals surface area contributed by atoms with E-state index in [1.165, 1.54) is 28.7 Å². The summed E-state index contributed by atoms with van der Waals surface area (Å²) in [5, 5.41) is 2.70. The summed E-state index contributed by atoms with van der Waals surface area (Å²) in [6.45, 7) is 5.25. The number of hydrogen-bond donors (Lipinski definition) is 1. The maximum Gasteiger partial charge on any atom is 0.349 e. The first-order chi connectivity index (χ1) is 12.8. The Kier molecular flexibility index (Phi) is 5.75. The summed E-state index contributed by atoms with van der Waals surface area (Å²) in [5.74, 6) is -0.274. The first-order valence-electron chi connectivity index (χ1n) is 9.08. The van der Waals surface area contributed by atoms with Gasteiger partial charge in [-0.1, -0.05) is 6.92 Å². The average Bonchev–Trinajstić information content (AvgIpc) is 3.05. The molecule has 1 N–H and O–H groups in total. The number of fused-ring (bicyclic) bond motifs is 1. The van der Waals surface area contributed by atoms with Crippen LogP contribution < -0.4 is 5.32 Å². The fourth-order valence-electron chi connectivity index (χ4n) is 3.11. The Labute approximate surface area is 162 Å². The summed E-state index contributed by atoms with van der Waals surface area (Å²) < 4.78 is 5.34. The van der Waals surface area contributed by atoms with Crippen molar-refractivity contribution >= 4 is 34.7 Å². The first kappa shape index (κ1) is 19.3. The Morgan fingerprint density at radius 1 is 1.22 bits per heavy atom. The monoisotopic (exact) mass is 385 g/mol. The van der Waals surface area contributed by atoms with E-state index in [9.17, 15) is 14.4 Å². The number of anilines is 1. The molecule has 0 fully saturated rings. The molecular formula is C21H23NO4S. The predicted octanol–water partition coefficient (Wildman–Crippen LogP) is 4.26. The van der Waals surface area contributed by atoms with E-state index in [1.807, 2.05) is 6.07 Å². The lowest BCUT2D eigenvalue weighted by atomic mass is 9.90. The second-order valence-corrected chi connectivity index (χ2v) is 8.21. The van der Waals surface area contributed by atoms with Gasteiger partial charge in [0.25, 0.3) is 5.91 Å². The molecule has 27 heavy (non-hydrogen) atoms. The van der Waals surface area contributed by atoms with Crippen molar-refractivity contribution in [2.45, 2.75) is 46.1 Å². The molecule has 0 aliphatic heterocycles. The van der Waals surface area contributed by atoms with Gasteiger partial charge in [0.05, 0.1) is 0 Å². The molecule has 5 nitrogen and oxygen atoms in total. The van der Waals surface area contributed by atoms with E-state index in [0.717, 1.165) is 19.3 Å². The van der Waals surface area contributed by atoms with Gasteiger partial charge in [-0.15, -0.1) is 11.3 Å². The van der Waals surface area contributed by atoms with Crippen molar-refractivity contribution in [1.82, 2.24) is 0 Å². The molecule has 1 aliphatic rings. The largest absolute Gasteiger partial charge is 0.448 e. The van der Waals surface area contributed by atoms with Crippen molar-refractivity contribution in [2.75, 3.05) is 5.32 Å². The third kappa shape index (κ3) is 4.63. The van der Waals surface area contributed by atoms with Crippen molar-refractivity contribution in [2.24, 2.45) is 5.92 Å². The van der Waals surface area contributed by atoms with Crippen LogP contribution >= 0.6 is 11.3 Å². The lowest BCUT2D eigenvalue weighted by Crippen LogP contribution is -2.29. The normalized spacial score (nSPS) is 16.9. The first-order valence-corrected chi connectivity index (χ1v) is 9.89. The van der Waals surface area contributed by atoms with Gasteiger partial charge in [0.15, 0.2) is 11.9 Å². The molecule has 0 bridgehead atoms. The summed E-state index contributed by atoms with van der Waals surface area (Å²) in [6.07, 6.45) is 2.22. The number of benzene rings is 1. The zero-order chi connectivity index (χ0) is 19.6. The molecule has 1 aliphatic carbocycles. The van der Waals surface area contributed by atoms with Crippen LogP contribution in [0.2, 0.25) is 0 Å². The van der Waals surface area contributed by atoms with Crippen LogP contribution in [0.3, 0.4) is 0 Å². The highest BCUT2D eigenvalue weighted by atomic mass is 32.1. The minimum atomic E-state index is -0.914. The van der Waals surface area contributed by atoms with Crippen molar-refractivity contribution in [3.8, 4) is 0 Å². The Bertz CT molecular complexity index is 869. The number of ketones is 1. The van der Waals surface area contributed by atoms with Gasteiger partial charge in [-0.3, -0.25) is 9.59 Å². The van der Waals surface area contributed by atoms with Crippen molar-refractivity contribution in [3.63, 3.8) is 0 Å². The molecule has 1 amide bonds. The van der Waals surface area contributed by atoms with Crippen LogP contribution in [0.4, 0.5) is 5.69 Å². The van der Waals surface area contributed by atoms with Crippen LogP contribution in [0.15, 0.2) is 30.3 Å². The van der Waals surface area contributed by atoms with E-state index >= 15 is 0 Å². The number of amides is 1. The highest BCUT2D eigenvalue weighted by Gasteiger charge is 2.24. The molecule has 2 atom stereocenters. The molecule has 0 spiro atoms. The summed E-state index contributed by atoms with van der Waals surface area (Å²) in [7, 11) is 0. The number of carbonyl (C=O) groups excluding carboxylic acids is 3. The van der Waals surface area contributed by atoms with Crippen molar-refractivity contribution in [3.05, 3.63) is 51.2 Å². The van der Waals surface area contributed by atoms with Gasteiger partial charge < -0.3 is 10.1 Å². The van der Waals surface area contributed by atoms with E-state index in [2.05, 4.69) is 12.2 Å². The summed E-state index contributed by atoms with van der Waals surface area (Å²) in [6, 6.07) is 8.50. The van der Waals surface area contributed by atoms with Gasteiger partial charge in [0.1, 0.15) is 4.88 Å². The molecule has 0 saturated carbocycles. The molecule has 142 valence electrons. The van der Waals surface area contributed by atoms with Crippen molar-refractivity contribution < 1.29 is 19.1 Å². The SMILES string of the molecule is CC(=O)c1ccc(NC(=O)[C@@H](C)OC(=O)c2cc3c(s2)CC[C@H](C)C3)cc1. The number of rotatable bonds is 5. The number of Topliss-reactive ketones (excluding diaryl/α,β-unsaturated/α-hetero) is 1. The van der Waals surface area contributed by atoms with E-state index in [4.69, 9.17) is 4.74 Å². The van der Waals surface area contributed by atoms with Crippen LogP contribution in [0, 0.1) is 5.92 Å². The van der Waals surface area contributed by atoms with Crippen LogP contribution in [-0.4, -0.2) is 23.8 Å². The van der Waals surface area contributed by atoms with E-state index < -0.39 is 18.0 Å². The summed E-state index contributed by atoms with van der Waals surface area (Å²) in [5.41, 5.74) is 2.35. The van der Waals surface area contributed by atoms with E-state index in [1.54, 1.807) is 31.2 Å². The van der Waals surface area contributed by atoms with E-state index in [-0.39, 0.29) is 5.78 Å². The van der Waals surface area contributed by atoms with Crippen LogP contribution in [0.5, 0.6) is 0 Å². The average molecular weight is 385 g/mol. The molecule has 2 aromatic rings. The number of esters is 1. The Balaban J connectivity index is 1.59. The molecule has 1 aromatic heterocycles. The fourth-order valence-corrected chi connectivity index (χ4v) is 4.20. The standard InChI is InChI=1S/C21H23NO4S/c1-12-4-9-18-16(10-12)11-19(27-18)21(25)26-14(3)20(24)22-17-7-5-15(6-8-17)13(2)23/h5-8,11-12,14H,4,9-10H2,1-3H3,(H,22,24)/t12-,14+/m0/s1. The Morgan fingerprint density at radius 3 is 2.59 bits per heavy atom. The minimum Gasteiger partial charge on any atom is -0.448 e. The second kappa shape index (κ2) is 8.05. The third-order valence-corrected chi connectivity index (χ3v) is 5.96. The highest BCUT2D eigenvalue weighted by molar-refractivity contribution is 7.14. The number of hydrogen-bond acceptors (Lipinski definition) is 5. The second-order valence-electron chi connectivity index (χ2n) is 7.08. The molecule has 3 rings (SSSR count). The van der Waals surface area contributed by atoms with Gasteiger partial charge in [-0.2, -0.15) is 0 Å². The molecule has 0 unspecified atom stereocenters. The number of thiophene rings is 1. The van der Waals surface area contributed by atoms with Crippen molar-refractivity contribution in [1.29, 1.82) is 0 Å². The quantitative estimate of drug-likeness (QED) is 0.617. The lowest BCUT2D eigenvalue weighted by Gasteiger charge is -2.16. The van der Waals surface area contributed by atoms with Crippen LogP contribution in [-0.2, 0) is 22.4 Å². The predicted molar refractivity (Wildman–Crippen MR) is 105 cm³/mol. The Hall–Kier alpha value is -2.47. The van der Waals surface area contributed by atoms with E-state index in [0.29, 0.717) is 22.0 Å². The van der Waals surface area contributed by atoms with Gasteiger partial charge in [-0.25, -0.2) is 4.79 Å². The summed E-state index contributed by atoms with van der Waals surface area (Å²) in [4.78, 5) is 37.8. The number of ether oxygens (including phenoxy) is 1. The highest BCUT2D eigenvalue weighted by Crippen LogP contribution is 2.32. The fraction of sp³-hybridized carbons (Fsp3) is 0.381. The molecule has 1 aromatic carbocycles. The van der Waals surface area contributed by atoms with Gasteiger partial charge in [-0.05, 0) is 74.9 Å². The van der Waals surface area contributed by atoms with Crippen LogP contribution in [0.25, 0.3) is 0 Å².